The lowest BCUT2D eigenvalue weighted by Gasteiger charge is -2.34. The molecule has 1 heteroatoms. The molecule has 1 nitrogen and oxygen atoms in total. The number of unbranched alkanes of at least 4 members (excludes halogenated alkanes) is 2. The van der Waals surface area contributed by atoms with Gasteiger partial charge in [0.05, 0.1) is 0 Å². The summed E-state index contributed by atoms with van der Waals surface area (Å²) >= 11 is 0. The van der Waals surface area contributed by atoms with E-state index in [0.717, 1.165) is 18.6 Å². The van der Waals surface area contributed by atoms with E-state index in [0.29, 0.717) is 0 Å². The van der Waals surface area contributed by atoms with E-state index >= 15 is 0 Å². The Hall–Kier alpha value is -0.980. The van der Waals surface area contributed by atoms with Crippen LogP contribution >= 0.6 is 0 Å². The first-order valence-electron chi connectivity index (χ1n) is 7.50. The van der Waals surface area contributed by atoms with Crippen molar-refractivity contribution < 1.29 is 4.74 Å². The summed E-state index contributed by atoms with van der Waals surface area (Å²) in [6.07, 6.45) is 8.48. The molecule has 0 N–H and O–H groups in total. The van der Waals surface area contributed by atoms with Crippen LogP contribution < -0.4 is 4.74 Å². The zero-order chi connectivity index (χ0) is 13.3. The Bertz CT molecular complexity index is 307. The zero-order valence-corrected chi connectivity index (χ0v) is 12.2. The Morgan fingerprint density at radius 2 is 1.61 bits per heavy atom. The minimum Gasteiger partial charge on any atom is -0.487 e. The highest BCUT2D eigenvalue weighted by molar-refractivity contribution is 5.22. The highest BCUT2D eigenvalue weighted by atomic mass is 16.5. The number of ether oxygens (including phenoxy) is 1. The maximum atomic E-state index is 6.34. The first-order chi connectivity index (χ1) is 8.76. The minimum absolute atomic E-state index is 0.0469. The van der Waals surface area contributed by atoms with Crippen LogP contribution in [0.1, 0.15) is 65.7 Å². The summed E-state index contributed by atoms with van der Waals surface area (Å²) in [7, 11) is 0. The molecule has 1 rings (SSSR count). The Balaban J connectivity index is 2.69. The maximum absolute atomic E-state index is 6.34. The van der Waals surface area contributed by atoms with Gasteiger partial charge in [-0.3, -0.25) is 0 Å². The van der Waals surface area contributed by atoms with E-state index in [1.807, 2.05) is 18.2 Å². The standard InChI is InChI=1S/C17H28O/c1-4-7-11-15-17(6-3,14-5-2)18-16-12-9-8-10-13-16/h8-10,12-13H,4-7,11,14-15H2,1-3H3. The predicted molar refractivity (Wildman–Crippen MR) is 79.1 cm³/mol. The van der Waals surface area contributed by atoms with E-state index in [-0.39, 0.29) is 5.60 Å². The first-order valence-corrected chi connectivity index (χ1v) is 7.50. The van der Waals surface area contributed by atoms with Crippen LogP contribution in [0.15, 0.2) is 30.3 Å². The molecule has 0 bridgehead atoms. The fraction of sp³-hybridized carbons (Fsp3) is 0.647. The van der Waals surface area contributed by atoms with Crippen LogP contribution in [0, 0.1) is 0 Å². The molecule has 0 amide bonds. The summed E-state index contributed by atoms with van der Waals surface area (Å²) in [6.45, 7) is 6.76. The van der Waals surface area contributed by atoms with Crippen molar-refractivity contribution in [2.45, 2.75) is 71.3 Å². The number of hydrogen-bond acceptors (Lipinski definition) is 1. The fourth-order valence-corrected chi connectivity index (χ4v) is 2.54. The third-order valence-corrected chi connectivity index (χ3v) is 3.66. The molecule has 0 aliphatic heterocycles. The molecule has 0 aliphatic rings. The van der Waals surface area contributed by atoms with E-state index in [9.17, 15) is 0 Å². The summed E-state index contributed by atoms with van der Waals surface area (Å²) in [5.41, 5.74) is 0.0469. The van der Waals surface area contributed by atoms with Gasteiger partial charge in [0, 0.05) is 0 Å². The monoisotopic (exact) mass is 248 g/mol. The highest BCUT2D eigenvalue weighted by Crippen LogP contribution is 2.31. The molecule has 1 aromatic rings. The van der Waals surface area contributed by atoms with Gasteiger partial charge in [0.1, 0.15) is 11.4 Å². The lowest BCUT2D eigenvalue weighted by atomic mass is 9.88. The van der Waals surface area contributed by atoms with Crippen LogP contribution in [0.3, 0.4) is 0 Å². The molecular weight excluding hydrogens is 220 g/mol. The van der Waals surface area contributed by atoms with Gasteiger partial charge in [-0.2, -0.15) is 0 Å². The van der Waals surface area contributed by atoms with Gasteiger partial charge in [-0.1, -0.05) is 58.2 Å². The second-order valence-corrected chi connectivity index (χ2v) is 5.16. The van der Waals surface area contributed by atoms with Crippen LogP contribution in [0.25, 0.3) is 0 Å². The molecule has 0 spiro atoms. The molecule has 0 radical (unpaired) electrons. The highest BCUT2D eigenvalue weighted by Gasteiger charge is 2.28. The molecule has 0 fully saturated rings. The van der Waals surface area contributed by atoms with Gasteiger partial charge >= 0.3 is 0 Å². The van der Waals surface area contributed by atoms with Gasteiger partial charge in [0.15, 0.2) is 0 Å². The van der Waals surface area contributed by atoms with Crippen molar-refractivity contribution in [3.8, 4) is 5.75 Å². The van der Waals surface area contributed by atoms with Crippen molar-refractivity contribution in [1.82, 2.24) is 0 Å². The van der Waals surface area contributed by atoms with Crippen molar-refractivity contribution in [2.75, 3.05) is 0 Å². The van der Waals surface area contributed by atoms with Crippen LogP contribution in [-0.4, -0.2) is 5.60 Å². The van der Waals surface area contributed by atoms with Crippen molar-refractivity contribution in [3.63, 3.8) is 0 Å². The molecular formula is C17H28O. The van der Waals surface area contributed by atoms with Crippen molar-refractivity contribution >= 4 is 0 Å². The van der Waals surface area contributed by atoms with Crippen LogP contribution in [0.5, 0.6) is 5.75 Å². The molecule has 102 valence electrons. The first kappa shape index (κ1) is 15.1. The molecule has 0 heterocycles. The molecule has 1 unspecified atom stereocenters. The van der Waals surface area contributed by atoms with E-state index in [1.165, 1.54) is 32.1 Å². The summed E-state index contributed by atoms with van der Waals surface area (Å²) in [5.74, 6) is 1.02. The number of para-hydroxylation sites is 1. The molecule has 0 saturated heterocycles. The average molecular weight is 248 g/mol. The summed E-state index contributed by atoms with van der Waals surface area (Å²) in [5, 5.41) is 0. The van der Waals surface area contributed by atoms with E-state index in [2.05, 4.69) is 32.9 Å². The largest absolute Gasteiger partial charge is 0.487 e. The van der Waals surface area contributed by atoms with Crippen LogP contribution in [0.2, 0.25) is 0 Å². The Morgan fingerprint density at radius 1 is 0.889 bits per heavy atom. The Morgan fingerprint density at radius 3 is 2.17 bits per heavy atom. The van der Waals surface area contributed by atoms with Crippen molar-refractivity contribution in [2.24, 2.45) is 0 Å². The Kier molecular flexibility index (Phi) is 6.85. The fourth-order valence-electron chi connectivity index (χ4n) is 2.54. The number of rotatable bonds is 9. The Labute approximate surface area is 113 Å². The van der Waals surface area contributed by atoms with E-state index < -0.39 is 0 Å². The normalized spacial score (nSPS) is 14.2. The van der Waals surface area contributed by atoms with Crippen molar-refractivity contribution in [1.29, 1.82) is 0 Å². The molecule has 1 aromatic carbocycles. The minimum atomic E-state index is 0.0469. The second kappa shape index (κ2) is 8.18. The average Bonchev–Trinajstić information content (AvgIpc) is 2.40. The lowest BCUT2D eigenvalue weighted by Crippen LogP contribution is -2.35. The van der Waals surface area contributed by atoms with E-state index in [1.54, 1.807) is 0 Å². The lowest BCUT2D eigenvalue weighted by molar-refractivity contribution is 0.0427. The van der Waals surface area contributed by atoms with Gasteiger partial charge in [0.25, 0.3) is 0 Å². The third-order valence-electron chi connectivity index (χ3n) is 3.66. The molecule has 18 heavy (non-hydrogen) atoms. The van der Waals surface area contributed by atoms with Crippen molar-refractivity contribution in [3.05, 3.63) is 30.3 Å². The van der Waals surface area contributed by atoms with Gasteiger partial charge in [-0.25, -0.2) is 0 Å². The third kappa shape index (κ3) is 4.72. The van der Waals surface area contributed by atoms with Gasteiger partial charge < -0.3 is 4.74 Å². The summed E-state index contributed by atoms with van der Waals surface area (Å²) in [4.78, 5) is 0. The quantitative estimate of drug-likeness (QED) is 0.517. The summed E-state index contributed by atoms with van der Waals surface area (Å²) in [6, 6.07) is 10.3. The SMILES string of the molecule is CCCCCC(CC)(CCC)Oc1ccccc1. The molecule has 1 atom stereocenters. The predicted octanol–water partition coefficient (Wildman–Crippen LogP) is 5.59. The van der Waals surface area contributed by atoms with Crippen LogP contribution in [-0.2, 0) is 0 Å². The number of hydrogen-bond donors (Lipinski definition) is 0. The molecule has 0 aromatic heterocycles. The maximum Gasteiger partial charge on any atom is 0.120 e. The summed E-state index contributed by atoms with van der Waals surface area (Å²) < 4.78 is 6.34. The topological polar surface area (TPSA) is 9.23 Å². The van der Waals surface area contributed by atoms with Gasteiger partial charge in [-0.05, 0) is 37.8 Å². The number of benzene rings is 1. The smallest absolute Gasteiger partial charge is 0.120 e. The molecule has 0 aliphatic carbocycles. The zero-order valence-electron chi connectivity index (χ0n) is 12.2. The van der Waals surface area contributed by atoms with Crippen LogP contribution in [0.4, 0.5) is 0 Å². The van der Waals surface area contributed by atoms with Gasteiger partial charge in [0.2, 0.25) is 0 Å². The molecule has 0 saturated carbocycles. The van der Waals surface area contributed by atoms with E-state index in [4.69, 9.17) is 4.74 Å². The second-order valence-electron chi connectivity index (χ2n) is 5.16. The van der Waals surface area contributed by atoms with Gasteiger partial charge in [-0.15, -0.1) is 0 Å².